The number of nitrogens with zero attached hydrogens (tertiary/aromatic N) is 2. The Morgan fingerprint density at radius 3 is 2.82 bits per heavy atom. The lowest BCUT2D eigenvalue weighted by molar-refractivity contribution is 0.481. The molecular weight excluding hydrogens is 210 g/mol. The first-order chi connectivity index (χ1) is 8.35. The van der Waals surface area contributed by atoms with Gasteiger partial charge in [0.1, 0.15) is 0 Å². The summed E-state index contributed by atoms with van der Waals surface area (Å²) in [5.74, 6) is 0. The zero-order chi connectivity index (χ0) is 12.1. The van der Waals surface area contributed by atoms with Crippen LogP contribution in [0.4, 0.5) is 5.69 Å². The van der Waals surface area contributed by atoms with Crippen LogP contribution in [0.1, 0.15) is 18.9 Å². The SMILES string of the molecule is CCc1ccc(N2CCNCC2CC#N)cc1. The van der Waals surface area contributed by atoms with Gasteiger partial charge in [-0.25, -0.2) is 0 Å². The third-order valence-corrected chi connectivity index (χ3v) is 3.35. The summed E-state index contributed by atoms with van der Waals surface area (Å²) in [5.41, 5.74) is 2.60. The van der Waals surface area contributed by atoms with Gasteiger partial charge in [0.05, 0.1) is 18.5 Å². The molecule has 0 spiro atoms. The fraction of sp³-hybridized carbons (Fsp3) is 0.500. The van der Waals surface area contributed by atoms with Crippen LogP contribution in [0.25, 0.3) is 0 Å². The van der Waals surface area contributed by atoms with Gasteiger partial charge >= 0.3 is 0 Å². The van der Waals surface area contributed by atoms with Crippen LogP contribution in [-0.2, 0) is 6.42 Å². The smallest absolute Gasteiger partial charge is 0.0643 e. The molecular formula is C14H19N3. The molecule has 1 aliphatic rings. The second-order valence-corrected chi connectivity index (χ2v) is 4.43. The van der Waals surface area contributed by atoms with E-state index in [0.29, 0.717) is 12.5 Å². The highest BCUT2D eigenvalue weighted by molar-refractivity contribution is 5.49. The lowest BCUT2D eigenvalue weighted by atomic mass is 10.1. The second kappa shape index (κ2) is 5.70. The molecule has 1 aromatic carbocycles. The summed E-state index contributed by atoms with van der Waals surface area (Å²) in [7, 11) is 0. The normalized spacial score (nSPS) is 20.0. The van der Waals surface area contributed by atoms with Crippen molar-refractivity contribution in [2.24, 2.45) is 0 Å². The molecule has 1 N–H and O–H groups in total. The van der Waals surface area contributed by atoms with E-state index in [1.165, 1.54) is 11.3 Å². The lowest BCUT2D eigenvalue weighted by Crippen LogP contribution is -2.51. The van der Waals surface area contributed by atoms with Gasteiger partial charge in [-0.2, -0.15) is 5.26 Å². The summed E-state index contributed by atoms with van der Waals surface area (Å²) in [5, 5.41) is 12.2. The number of benzene rings is 1. The molecule has 0 saturated carbocycles. The largest absolute Gasteiger partial charge is 0.365 e. The van der Waals surface area contributed by atoms with Crippen LogP contribution in [-0.4, -0.2) is 25.7 Å². The summed E-state index contributed by atoms with van der Waals surface area (Å²) < 4.78 is 0. The zero-order valence-electron chi connectivity index (χ0n) is 10.3. The molecule has 1 aliphatic heterocycles. The molecule has 3 nitrogen and oxygen atoms in total. The van der Waals surface area contributed by atoms with Gasteiger partial charge in [-0.3, -0.25) is 0 Å². The summed E-state index contributed by atoms with van der Waals surface area (Å²) in [6.07, 6.45) is 1.66. The van der Waals surface area contributed by atoms with Crippen LogP contribution in [0.3, 0.4) is 0 Å². The number of piperazine rings is 1. The second-order valence-electron chi connectivity index (χ2n) is 4.43. The molecule has 2 rings (SSSR count). The van der Waals surface area contributed by atoms with Crippen molar-refractivity contribution in [1.29, 1.82) is 5.26 Å². The van der Waals surface area contributed by atoms with Gasteiger partial charge in [0.25, 0.3) is 0 Å². The first-order valence-electron chi connectivity index (χ1n) is 6.28. The van der Waals surface area contributed by atoms with E-state index >= 15 is 0 Å². The molecule has 1 heterocycles. The Labute approximate surface area is 103 Å². The fourth-order valence-corrected chi connectivity index (χ4v) is 2.31. The topological polar surface area (TPSA) is 39.1 Å². The Bertz CT molecular complexity index is 391. The number of nitriles is 1. The molecule has 1 saturated heterocycles. The highest BCUT2D eigenvalue weighted by Gasteiger charge is 2.21. The molecule has 0 aromatic heterocycles. The monoisotopic (exact) mass is 229 g/mol. The van der Waals surface area contributed by atoms with Crippen LogP contribution in [0.15, 0.2) is 24.3 Å². The maximum atomic E-state index is 8.86. The first kappa shape index (κ1) is 11.9. The molecule has 1 aromatic rings. The van der Waals surface area contributed by atoms with Crippen LogP contribution in [0, 0.1) is 11.3 Å². The standard InChI is InChI=1S/C14H19N3/c1-2-12-3-5-13(6-4-12)17-10-9-16-11-14(17)7-8-15/h3-6,14,16H,2,7,9-11H2,1H3. The summed E-state index contributed by atoms with van der Waals surface area (Å²) in [6, 6.07) is 11.3. The minimum absolute atomic E-state index is 0.307. The Kier molecular flexibility index (Phi) is 4.00. The predicted molar refractivity (Wildman–Crippen MR) is 70.1 cm³/mol. The Morgan fingerprint density at radius 2 is 2.18 bits per heavy atom. The maximum absolute atomic E-state index is 8.86. The number of aryl methyl sites for hydroxylation is 1. The van der Waals surface area contributed by atoms with Crippen LogP contribution >= 0.6 is 0 Å². The Morgan fingerprint density at radius 1 is 1.41 bits per heavy atom. The minimum Gasteiger partial charge on any atom is -0.365 e. The molecule has 1 fully saturated rings. The third kappa shape index (κ3) is 2.78. The van der Waals surface area contributed by atoms with Crippen molar-refractivity contribution in [1.82, 2.24) is 5.32 Å². The average Bonchev–Trinajstić information content (AvgIpc) is 2.40. The fourth-order valence-electron chi connectivity index (χ4n) is 2.31. The van der Waals surface area contributed by atoms with Crippen LogP contribution in [0.5, 0.6) is 0 Å². The van der Waals surface area contributed by atoms with E-state index in [9.17, 15) is 0 Å². The van der Waals surface area contributed by atoms with Crippen molar-refractivity contribution >= 4 is 5.69 Å². The van der Waals surface area contributed by atoms with Gasteiger partial charge in [0, 0.05) is 25.3 Å². The van der Waals surface area contributed by atoms with Crippen LogP contribution in [0.2, 0.25) is 0 Å². The first-order valence-corrected chi connectivity index (χ1v) is 6.28. The summed E-state index contributed by atoms with van der Waals surface area (Å²) >= 11 is 0. The quantitative estimate of drug-likeness (QED) is 0.861. The van der Waals surface area contributed by atoms with Gasteiger partial charge in [0.2, 0.25) is 0 Å². The van der Waals surface area contributed by atoms with Gasteiger partial charge in [-0.05, 0) is 24.1 Å². The van der Waals surface area contributed by atoms with Crippen molar-refractivity contribution < 1.29 is 0 Å². The van der Waals surface area contributed by atoms with E-state index in [0.717, 1.165) is 26.1 Å². The third-order valence-electron chi connectivity index (χ3n) is 3.35. The van der Waals surface area contributed by atoms with Crippen molar-refractivity contribution in [3.05, 3.63) is 29.8 Å². The average molecular weight is 229 g/mol. The van der Waals surface area contributed by atoms with Gasteiger partial charge in [0.15, 0.2) is 0 Å². The molecule has 1 unspecified atom stereocenters. The number of anilines is 1. The van der Waals surface area contributed by atoms with Crippen LogP contribution < -0.4 is 10.2 Å². The summed E-state index contributed by atoms with van der Waals surface area (Å²) in [4.78, 5) is 2.35. The highest BCUT2D eigenvalue weighted by Crippen LogP contribution is 2.20. The van der Waals surface area contributed by atoms with Gasteiger partial charge in [-0.1, -0.05) is 19.1 Å². The van der Waals surface area contributed by atoms with E-state index in [2.05, 4.69) is 47.5 Å². The van der Waals surface area contributed by atoms with Crippen molar-refractivity contribution in [2.45, 2.75) is 25.8 Å². The maximum Gasteiger partial charge on any atom is 0.0643 e. The van der Waals surface area contributed by atoms with Crippen molar-refractivity contribution in [2.75, 3.05) is 24.5 Å². The molecule has 0 aliphatic carbocycles. The number of hydrogen-bond acceptors (Lipinski definition) is 3. The van der Waals surface area contributed by atoms with E-state index in [4.69, 9.17) is 5.26 Å². The molecule has 0 amide bonds. The molecule has 17 heavy (non-hydrogen) atoms. The van der Waals surface area contributed by atoms with E-state index in [-0.39, 0.29) is 0 Å². The predicted octanol–water partition coefficient (Wildman–Crippen LogP) is 1.94. The van der Waals surface area contributed by atoms with Gasteiger partial charge in [-0.15, -0.1) is 0 Å². The molecule has 0 radical (unpaired) electrons. The Hall–Kier alpha value is -1.53. The minimum atomic E-state index is 0.307. The molecule has 90 valence electrons. The number of rotatable bonds is 3. The highest BCUT2D eigenvalue weighted by atomic mass is 15.2. The zero-order valence-corrected chi connectivity index (χ0v) is 10.3. The van der Waals surface area contributed by atoms with Crippen molar-refractivity contribution in [3.8, 4) is 6.07 Å². The number of hydrogen-bond donors (Lipinski definition) is 1. The van der Waals surface area contributed by atoms with E-state index < -0.39 is 0 Å². The Balaban J connectivity index is 2.14. The van der Waals surface area contributed by atoms with Gasteiger partial charge < -0.3 is 10.2 Å². The van der Waals surface area contributed by atoms with E-state index in [1.54, 1.807) is 0 Å². The lowest BCUT2D eigenvalue weighted by Gasteiger charge is -2.37. The van der Waals surface area contributed by atoms with Crippen molar-refractivity contribution in [3.63, 3.8) is 0 Å². The summed E-state index contributed by atoms with van der Waals surface area (Å²) in [6.45, 7) is 5.05. The molecule has 0 bridgehead atoms. The van der Waals surface area contributed by atoms with E-state index in [1.807, 2.05) is 0 Å². The molecule has 3 heteroatoms. The number of nitrogens with one attached hydrogen (secondary N) is 1. The molecule has 1 atom stereocenters.